The molecule has 0 saturated heterocycles. The van der Waals surface area contributed by atoms with E-state index in [1.54, 1.807) is 18.5 Å². The summed E-state index contributed by atoms with van der Waals surface area (Å²) in [7, 11) is -3.68. The number of aromatic nitrogens is 1. The van der Waals surface area contributed by atoms with Gasteiger partial charge in [0.25, 0.3) is 0 Å². The Morgan fingerprint density at radius 1 is 1.25 bits per heavy atom. The van der Waals surface area contributed by atoms with Gasteiger partial charge in [0.2, 0.25) is 15.9 Å². The number of sulfonamides is 1. The molecule has 2 aromatic carbocycles. The fourth-order valence-corrected chi connectivity index (χ4v) is 5.19. The molecule has 3 aromatic rings. The maximum absolute atomic E-state index is 13.4. The maximum Gasteiger partial charge on any atom is 0.240 e. The normalized spacial score (nSPS) is 20.5. The van der Waals surface area contributed by atoms with Crippen LogP contribution in [0, 0.1) is 0 Å². The number of halogens is 1. The van der Waals surface area contributed by atoms with Gasteiger partial charge in [0, 0.05) is 28.5 Å². The van der Waals surface area contributed by atoms with Crippen molar-refractivity contribution in [1.82, 2.24) is 9.71 Å². The number of nitrogens with one attached hydrogen (secondary N) is 2. The van der Waals surface area contributed by atoms with Crippen LogP contribution in [0.3, 0.4) is 0 Å². The van der Waals surface area contributed by atoms with Crippen molar-refractivity contribution >= 4 is 44.0 Å². The third kappa shape index (κ3) is 2.96. The van der Waals surface area contributed by atoms with Gasteiger partial charge in [-0.1, -0.05) is 42.8 Å². The summed E-state index contributed by atoms with van der Waals surface area (Å²) in [5.74, 6) is -0.306. The monoisotopic (exact) mass is 415 g/mol. The molecule has 2 N–H and O–H groups in total. The van der Waals surface area contributed by atoms with Crippen LogP contribution in [0.1, 0.15) is 18.9 Å². The van der Waals surface area contributed by atoms with Gasteiger partial charge in [-0.2, -0.15) is 0 Å². The van der Waals surface area contributed by atoms with E-state index in [-0.39, 0.29) is 17.3 Å². The van der Waals surface area contributed by atoms with Crippen molar-refractivity contribution in [3.63, 3.8) is 0 Å². The standard InChI is InChI=1S/C20H18ClN3O3S/c1-2-20(12-23-28(26,27)18-8-7-14(21)9-16(18)20)19(25)24-17-11-22-10-13-5-3-4-6-15(13)17/h3-11,23H,2,12H2,1H3,(H,24,25)/t20-/m1/s1. The zero-order valence-electron chi connectivity index (χ0n) is 15.1. The largest absolute Gasteiger partial charge is 0.323 e. The first-order valence-electron chi connectivity index (χ1n) is 8.81. The van der Waals surface area contributed by atoms with Gasteiger partial charge in [0.1, 0.15) is 0 Å². The van der Waals surface area contributed by atoms with E-state index < -0.39 is 15.4 Å². The van der Waals surface area contributed by atoms with E-state index in [4.69, 9.17) is 11.6 Å². The van der Waals surface area contributed by atoms with Gasteiger partial charge in [-0.15, -0.1) is 0 Å². The summed E-state index contributed by atoms with van der Waals surface area (Å²) in [6.45, 7) is 1.81. The molecule has 0 bridgehead atoms. The summed E-state index contributed by atoms with van der Waals surface area (Å²) in [6.07, 6.45) is 3.72. The van der Waals surface area contributed by atoms with E-state index >= 15 is 0 Å². The minimum absolute atomic E-state index is 0.0385. The predicted octanol–water partition coefficient (Wildman–Crippen LogP) is 3.47. The molecule has 1 aliphatic rings. The number of pyridine rings is 1. The molecule has 6 nitrogen and oxygen atoms in total. The highest BCUT2D eigenvalue weighted by Crippen LogP contribution is 2.39. The smallest absolute Gasteiger partial charge is 0.240 e. The Hall–Kier alpha value is -2.48. The first-order valence-corrected chi connectivity index (χ1v) is 10.7. The molecule has 8 heteroatoms. The molecule has 2 heterocycles. The highest BCUT2D eigenvalue weighted by atomic mass is 35.5. The minimum Gasteiger partial charge on any atom is -0.323 e. The number of carbonyl (C=O) groups is 1. The lowest BCUT2D eigenvalue weighted by Gasteiger charge is -2.37. The Morgan fingerprint density at radius 2 is 2.04 bits per heavy atom. The van der Waals surface area contributed by atoms with Crippen molar-refractivity contribution in [2.45, 2.75) is 23.7 Å². The van der Waals surface area contributed by atoms with Crippen molar-refractivity contribution in [2.75, 3.05) is 11.9 Å². The molecule has 0 saturated carbocycles. The number of carbonyl (C=O) groups excluding carboxylic acids is 1. The van der Waals surface area contributed by atoms with Crippen LogP contribution in [0.5, 0.6) is 0 Å². The van der Waals surface area contributed by atoms with Gasteiger partial charge >= 0.3 is 0 Å². The summed E-state index contributed by atoms with van der Waals surface area (Å²) in [6, 6.07) is 12.1. The second-order valence-corrected chi connectivity index (χ2v) is 8.93. The fraction of sp³-hybridized carbons (Fsp3) is 0.200. The quantitative estimate of drug-likeness (QED) is 0.685. The number of rotatable bonds is 3. The Labute approximate surface area is 168 Å². The van der Waals surface area contributed by atoms with Crippen LogP contribution in [0.4, 0.5) is 5.69 Å². The lowest BCUT2D eigenvalue weighted by Crippen LogP contribution is -2.53. The van der Waals surface area contributed by atoms with Crippen LogP contribution in [-0.4, -0.2) is 25.9 Å². The zero-order chi connectivity index (χ0) is 19.9. The van der Waals surface area contributed by atoms with Crippen molar-refractivity contribution in [2.24, 2.45) is 0 Å². The van der Waals surface area contributed by atoms with E-state index in [0.717, 1.165) is 10.8 Å². The fourth-order valence-electron chi connectivity index (χ4n) is 3.64. The average Bonchev–Trinajstić information content (AvgIpc) is 2.68. The first-order chi connectivity index (χ1) is 13.4. The Balaban J connectivity index is 1.82. The van der Waals surface area contributed by atoms with Crippen LogP contribution >= 0.6 is 11.6 Å². The molecule has 28 heavy (non-hydrogen) atoms. The average molecular weight is 416 g/mol. The summed E-state index contributed by atoms with van der Waals surface area (Å²) in [5, 5.41) is 5.10. The molecule has 0 fully saturated rings. The lowest BCUT2D eigenvalue weighted by molar-refractivity contribution is -0.121. The number of hydrogen-bond acceptors (Lipinski definition) is 4. The van der Waals surface area contributed by atoms with Gasteiger partial charge in [-0.25, -0.2) is 13.1 Å². The molecule has 0 aliphatic carbocycles. The molecule has 4 rings (SSSR count). The zero-order valence-corrected chi connectivity index (χ0v) is 16.6. The maximum atomic E-state index is 13.4. The Morgan fingerprint density at radius 3 is 2.82 bits per heavy atom. The predicted molar refractivity (Wildman–Crippen MR) is 109 cm³/mol. The lowest BCUT2D eigenvalue weighted by atomic mass is 9.77. The van der Waals surface area contributed by atoms with Gasteiger partial charge in [0.15, 0.2) is 0 Å². The Bertz CT molecular complexity index is 1190. The van der Waals surface area contributed by atoms with E-state index in [9.17, 15) is 13.2 Å². The number of fused-ring (bicyclic) bond motifs is 2. The van der Waals surface area contributed by atoms with Crippen LogP contribution < -0.4 is 10.0 Å². The molecule has 0 unspecified atom stereocenters. The molecule has 1 aliphatic heterocycles. The minimum atomic E-state index is -3.68. The van der Waals surface area contributed by atoms with E-state index in [1.165, 1.54) is 12.1 Å². The van der Waals surface area contributed by atoms with Crippen LogP contribution in [0.25, 0.3) is 10.8 Å². The SMILES string of the molecule is CC[C@@]1(C(=O)Nc2cncc3ccccc23)CNS(=O)(=O)c2ccc(Cl)cc21. The third-order valence-electron chi connectivity index (χ3n) is 5.27. The molecular weight excluding hydrogens is 398 g/mol. The number of hydrogen-bond donors (Lipinski definition) is 2. The van der Waals surface area contributed by atoms with Gasteiger partial charge in [-0.3, -0.25) is 9.78 Å². The highest BCUT2D eigenvalue weighted by Gasteiger charge is 2.46. The van der Waals surface area contributed by atoms with Crippen molar-refractivity contribution < 1.29 is 13.2 Å². The van der Waals surface area contributed by atoms with E-state index in [0.29, 0.717) is 22.7 Å². The first kappa shape index (κ1) is 18.9. The van der Waals surface area contributed by atoms with Crippen LogP contribution in [-0.2, 0) is 20.2 Å². The molecular formula is C20H18ClN3O3S. The third-order valence-corrected chi connectivity index (χ3v) is 6.96. The summed E-state index contributed by atoms with van der Waals surface area (Å²) in [5.41, 5.74) is -0.0949. The summed E-state index contributed by atoms with van der Waals surface area (Å²) >= 11 is 6.14. The molecule has 0 radical (unpaired) electrons. The Kier molecular flexibility index (Phi) is 4.61. The molecule has 1 amide bonds. The van der Waals surface area contributed by atoms with Crippen molar-refractivity contribution in [3.05, 3.63) is 65.4 Å². The number of nitrogens with zero attached hydrogens (tertiary/aromatic N) is 1. The molecule has 1 atom stereocenters. The van der Waals surface area contributed by atoms with Crippen molar-refractivity contribution in [1.29, 1.82) is 0 Å². The van der Waals surface area contributed by atoms with Crippen LogP contribution in [0.2, 0.25) is 5.02 Å². The second-order valence-electron chi connectivity index (χ2n) is 6.76. The number of anilines is 1. The van der Waals surface area contributed by atoms with Crippen molar-refractivity contribution in [3.8, 4) is 0 Å². The van der Waals surface area contributed by atoms with Gasteiger partial charge in [-0.05, 0) is 30.2 Å². The molecule has 0 spiro atoms. The molecule has 144 valence electrons. The van der Waals surface area contributed by atoms with Gasteiger partial charge in [0.05, 0.1) is 22.2 Å². The van der Waals surface area contributed by atoms with Crippen LogP contribution in [0.15, 0.2) is 59.8 Å². The number of amides is 1. The van der Waals surface area contributed by atoms with E-state index in [1.807, 2.05) is 31.2 Å². The number of benzene rings is 2. The second kappa shape index (κ2) is 6.84. The molecule has 1 aromatic heterocycles. The highest BCUT2D eigenvalue weighted by molar-refractivity contribution is 7.89. The topological polar surface area (TPSA) is 88.2 Å². The summed E-state index contributed by atoms with van der Waals surface area (Å²) < 4.78 is 27.4. The van der Waals surface area contributed by atoms with Gasteiger partial charge < -0.3 is 5.32 Å². The summed E-state index contributed by atoms with van der Waals surface area (Å²) in [4.78, 5) is 17.7. The van der Waals surface area contributed by atoms with E-state index in [2.05, 4.69) is 15.0 Å².